The molecule has 74 valence electrons. The fourth-order valence-electron chi connectivity index (χ4n) is 1.17. The molecule has 0 aliphatic carbocycles. The van der Waals surface area contributed by atoms with E-state index in [4.69, 9.17) is 0 Å². The Labute approximate surface area is 81.5 Å². The number of unbranched alkanes of at least 4 members (excludes halogenated alkanes) is 1. The highest BCUT2D eigenvalue weighted by atomic mass is 16.3. The summed E-state index contributed by atoms with van der Waals surface area (Å²) in [6.45, 7) is 7.70. The average molecular weight is 180 g/mol. The minimum Gasteiger partial charge on any atom is -0.388 e. The van der Waals surface area contributed by atoms with Gasteiger partial charge in [0.1, 0.15) is 0 Å². The topological polar surface area (TPSA) is 20.2 Å². The van der Waals surface area contributed by atoms with E-state index in [0.717, 1.165) is 24.8 Å². The summed E-state index contributed by atoms with van der Waals surface area (Å²) in [5.41, 5.74) is 0.950. The number of aliphatic hydroxyl groups excluding tert-OH is 1. The van der Waals surface area contributed by atoms with E-state index < -0.39 is 0 Å². The summed E-state index contributed by atoms with van der Waals surface area (Å²) in [6, 6.07) is 0. The number of allylic oxidation sites excluding steroid dienone is 3. The standard InChI is InChI=1S/C12H20O/c1-4-7-10-12(13)11(8-5-2)9-6-3/h5-6,8-9,12-13H,2,4,7,10H2,1,3H3/b9-6-,11-8+. The van der Waals surface area contributed by atoms with Crippen LogP contribution in [0.15, 0.2) is 36.5 Å². The van der Waals surface area contributed by atoms with Gasteiger partial charge in [0, 0.05) is 0 Å². The Morgan fingerprint density at radius 2 is 2.23 bits per heavy atom. The second-order valence-electron chi connectivity index (χ2n) is 3.06. The quantitative estimate of drug-likeness (QED) is 0.622. The molecule has 0 spiro atoms. The molecule has 13 heavy (non-hydrogen) atoms. The van der Waals surface area contributed by atoms with Crippen LogP contribution in [-0.4, -0.2) is 11.2 Å². The first-order valence-electron chi connectivity index (χ1n) is 4.89. The van der Waals surface area contributed by atoms with Crippen LogP contribution in [0.2, 0.25) is 0 Å². The lowest BCUT2D eigenvalue weighted by Gasteiger charge is -2.10. The van der Waals surface area contributed by atoms with Crippen molar-refractivity contribution < 1.29 is 5.11 Å². The van der Waals surface area contributed by atoms with E-state index in [9.17, 15) is 5.11 Å². The fraction of sp³-hybridized carbons (Fsp3) is 0.500. The molecule has 0 amide bonds. The summed E-state index contributed by atoms with van der Waals surface area (Å²) < 4.78 is 0. The van der Waals surface area contributed by atoms with E-state index >= 15 is 0 Å². The largest absolute Gasteiger partial charge is 0.388 e. The lowest BCUT2D eigenvalue weighted by Crippen LogP contribution is -2.08. The third-order valence-corrected chi connectivity index (χ3v) is 1.89. The van der Waals surface area contributed by atoms with Gasteiger partial charge in [0.05, 0.1) is 6.10 Å². The average Bonchev–Trinajstić information content (AvgIpc) is 2.14. The molecule has 1 heteroatoms. The van der Waals surface area contributed by atoms with Crippen molar-refractivity contribution in [2.24, 2.45) is 0 Å². The first-order chi connectivity index (χ1) is 6.26. The molecule has 0 aromatic rings. The second-order valence-corrected chi connectivity index (χ2v) is 3.06. The maximum Gasteiger partial charge on any atom is 0.0789 e. The smallest absolute Gasteiger partial charge is 0.0789 e. The molecule has 1 unspecified atom stereocenters. The van der Waals surface area contributed by atoms with Crippen LogP contribution in [0, 0.1) is 0 Å². The molecule has 0 heterocycles. The van der Waals surface area contributed by atoms with Crippen molar-refractivity contribution in [3.05, 3.63) is 36.5 Å². The van der Waals surface area contributed by atoms with Crippen LogP contribution < -0.4 is 0 Å². The Balaban J connectivity index is 4.19. The maximum atomic E-state index is 9.73. The molecule has 0 bridgehead atoms. The van der Waals surface area contributed by atoms with Gasteiger partial charge in [-0.15, -0.1) is 0 Å². The Morgan fingerprint density at radius 1 is 1.54 bits per heavy atom. The molecule has 0 aromatic heterocycles. The molecular formula is C12H20O. The highest BCUT2D eigenvalue weighted by Gasteiger charge is 2.05. The number of hydrogen-bond acceptors (Lipinski definition) is 1. The van der Waals surface area contributed by atoms with Gasteiger partial charge in [-0.2, -0.15) is 0 Å². The molecule has 0 radical (unpaired) electrons. The lowest BCUT2D eigenvalue weighted by atomic mass is 10.0. The summed E-state index contributed by atoms with van der Waals surface area (Å²) in [6.07, 6.45) is 10.1. The van der Waals surface area contributed by atoms with Crippen molar-refractivity contribution in [3.63, 3.8) is 0 Å². The molecule has 1 N–H and O–H groups in total. The number of hydrogen-bond donors (Lipinski definition) is 1. The van der Waals surface area contributed by atoms with Gasteiger partial charge in [-0.25, -0.2) is 0 Å². The van der Waals surface area contributed by atoms with Crippen molar-refractivity contribution in [1.29, 1.82) is 0 Å². The van der Waals surface area contributed by atoms with Gasteiger partial charge in [-0.05, 0) is 18.9 Å². The van der Waals surface area contributed by atoms with E-state index in [2.05, 4.69) is 13.5 Å². The fourth-order valence-corrected chi connectivity index (χ4v) is 1.17. The normalized spacial score (nSPS) is 14.8. The van der Waals surface area contributed by atoms with Gasteiger partial charge in [-0.3, -0.25) is 0 Å². The van der Waals surface area contributed by atoms with Crippen molar-refractivity contribution in [2.75, 3.05) is 0 Å². The molecular weight excluding hydrogens is 160 g/mol. The molecule has 0 saturated carbocycles. The van der Waals surface area contributed by atoms with Gasteiger partial charge in [0.15, 0.2) is 0 Å². The third-order valence-electron chi connectivity index (χ3n) is 1.89. The van der Waals surface area contributed by atoms with E-state index in [1.807, 2.05) is 25.2 Å². The van der Waals surface area contributed by atoms with Crippen LogP contribution in [0.1, 0.15) is 33.1 Å². The molecule has 0 fully saturated rings. The monoisotopic (exact) mass is 180 g/mol. The van der Waals surface area contributed by atoms with E-state index in [0.29, 0.717) is 0 Å². The van der Waals surface area contributed by atoms with Crippen LogP contribution >= 0.6 is 0 Å². The SMILES string of the molecule is C=C/C=C(\C=C/C)C(O)CCCC. The Morgan fingerprint density at radius 3 is 2.69 bits per heavy atom. The van der Waals surface area contributed by atoms with Crippen LogP contribution in [-0.2, 0) is 0 Å². The number of aliphatic hydroxyl groups is 1. The molecule has 0 rings (SSSR count). The zero-order valence-electron chi connectivity index (χ0n) is 8.66. The third kappa shape index (κ3) is 5.42. The van der Waals surface area contributed by atoms with Gasteiger partial charge in [-0.1, -0.05) is 50.6 Å². The first kappa shape index (κ1) is 12.2. The summed E-state index contributed by atoms with van der Waals surface area (Å²) in [5, 5.41) is 9.73. The highest BCUT2D eigenvalue weighted by Crippen LogP contribution is 2.11. The van der Waals surface area contributed by atoms with Crippen molar-refractivity contribution in [1.82, 2.24) is 0 Å². The van der Waals surface area contributed by atoms with Gasteiger partial charge < -0.3 is 5.11 Å². The minimum absolute atomic E-state index is 0.339. The second kappa shape index (κ2) is 7.81. The predicted octanol–water partition coefficient (Wildman–Crippen LogP) is 3.23. The summed E-state index contributed by atoms with van der Waals surface area (Å²) >= 11 is 0. The Hall–Kier alpha value is -0.820. The molecule has 0 saturated heterocycles. The van der Waals surface area contributed by atoms with Gasteiger partial charge in [0.2, 0.25) is 0 Å². The maximum absolute atomic E-state index is 9.73. The minimum atomic E-state index is -0.339. The van der Waals surface area contributed by atoms with Crippen molar-refractivity contribution in [2.45, 2.75) is 39.2 Å². The summed E-state index contributed by atoms with van der Waals surface area (Å²) in [4.78, 5) is 0. The van der Waals surface area contributed by atoms with Gasteiger partial charge >= 0.3 is 0 Å². The Bertz CT molecular complexity index is 189. The zero-order valence-corrected chi connectivity index (χ0v) is 8.66. The zero-order chi connectivity index (χ0) is 10.1. The lowest BCUT2D eigenvalue weighted by molar-refractivity contribution is 0.200. The van der Waals surface area contributed by atoms with Crippen molar-refractivity contribution in [3.8, 4) is 0 Å². The predicted molar refractivity (Wildman–Crippen MR) is 58.6 cm³/mol. The number of rotatable bonds is 6. The molecule has 0 aliphatic rings. The molecule has 0 aliphatic heterocycles. The highest BCUT2D eigenvalue weighted by molar-refractivity contribution is 5.26. The van der Waals surface area contributed by atoms with Crippen LogP contribution in [0.5, 0.6) is 0 Å². The first-order valence-corrected chi connectivity index (χ1v) is 4.89. The Kier molecular flexibility index (Phi) is 7.32. The van der Waals surface area contributed by atoms with Crippen LogP contribution in [0.4, 0.5) is 0 Å². The van der Waals surface area contributed by atoms with E-state index in [1.165, 1.54) is 0 Å². The van der Waals surface area contributed by atoms with Crippen LogP contribution in [0.3, 0.4) is 0 Å². The summed E-state index contributed by atoms with van der Waals surface area (Å²) in [7, 11) is 0. The van der Waals surface area contributed by atoms with E-state index in [-0.39, 0.29) is 6.10 Å². The van der Waals surface area contributed by atoms with Crippen LogP contribution in [0.25, 0.3) is 0 Å². The molecule has 1 nitrogen and oxygen atoms in total. The summed E-state index contributed by atoms with van der Waals surface area (Å²) in [5.74, 6) is 0. The molecule has 0 aromatic carbocycles. The van der Waals surface area contributed by atoms with Crippen molar-refractivity contribution >= 4 is 0 Å². The van der Waals surface area contributed by atoms with E-state index in [1.54, 1.807) is 6.08 Å². The molecule has 1 atom stereocenters. The van der Waals surface area contributed by atoms with Gasteiger partial charge in [0.25, 0.3) is 0 Å².